The third-order valence-corrected chi connectivity index (χ3v) is 3.45. The Morgan fingerprint density at radius 1 is 0.947 bits per heavy atom. The molecule has 0 amide bonds. The van der Waals surface area contributed by atoms with Gasteiger partial charge >= 0.3 is 0 Å². The summed E-state index contributed by atoms with van der Waals surface area (Å²) in [5, 5.41) is 1.09. The largest absolute Gasteiger partial charge is 0.293 e. The number of Topliss-reactive ketones (excluding diaryl/α,β-unsaturated/α-hetero) is 1. The summed E-state index contributed by atoms with van der Waals surface area (Å²) in [7, 11) is 0. The molecule has 0 aliphatic carbocycles. The van der Waals surface area contributed by atoms with Crippen LogP contribution in [0.2, 0.25) is 5.02 Å². The SMILES string of the molecule is O=C(CBr)c1ccc(/C=C/c2ccc(Cl)cc2)cc1. The van der Waals surface area contributed by atoms with Gasteiger partial charge in [-0.15, -0.1) is 0 Å². The zero-order valence-electron chi connectivity index (χ0n) is 10.1. The molecular formula is C16H12BrClO. The lowest BCUT2D eigenvalue weighted by Crippen LogP contribution is -1.98. The quantitative estimate of drug-likeness (QED) is 0.432. The maximum absolute atomic E-state index is 11.5. The topological polar surface area (TPSA) is 17.1 Å². The van der Waals surface area contributed by atoms with E-state index in [0.29, 0.717) is 5.33 Å². The van der Waals surface area contributed by atoms with Crippen LogP contribution in [0, 0.1) is 0 Å². The molecular weight excluding hydrogens is 324 g/mol. The predicted molar refractivity (Wildman–Crippen MR) is 84.9 cm³/mol. The van der Waals surface area contributed by atoms with E-state index in [-0.39, 0.29) is 5.78 Å². The number of ketones is 1. The van der Waals surface area contributed by atoms with Crippen LogP contribution in [-0.2, 0) is 0 Å². The Balaban J connectivity index is 2.11. The van der Waals surface area contributed by atoms with Crippen molar-refractivity contribution in [2.75, 3.05) is 5.33 Å². The van der Waals surface area contributed by atoms with Crippen molar-refractivity contribution in [3.63, 3.8) is 0 Å². The molecule has 2 aromatic carbocycles. The monoisotopic (exact) mass is 334 g/mol. The molecule has 0 radical (unpaired) electrons. The minimum atomic E-state index is 0.0910. The van der Waals surface area contributed by atoms with E-state index in [2.05, 4.69) is 15.9 Å². The van der Waals surface area contributed by atoms with Gasteiger partial charge in [-0.2, -0.15) is 0 Å². The first-order chi connectivity index (χ1) is 9.19. The predicted octanol–water partition coefficient (Wildman–Crippen LogP) is 5.09. The smallest absolute Gasteiger partial charge is 0.173 e. The zero-order valence-corrected chi connectivity index (χ0v) is 12.5. The first kappa shape index (κ1) is 14.0. The first-order valence-corrected chi connectivity index (χ1v) is 7.32. The summed E-state index contributed by atoms with van der Waals surface area (Å²) in [6, 6.07) is 15.2. The van der Waals surface area contributed by atoms with Gasteiger partial charge in [0.15, 0.2) is 5.78 Å². The van der Waals surface area contributed by atoms with Gasteiger partial charge in [0.1, 0.15) is 0 Å². The van der Waals surface area contributed by atoms with Gasteiger partial charge in [0, 0.05) is 10.6 Å². The van der Waals surface area contributed by atoms with Gasteiger partial charge in [-0.1, -0.05) is 76.1 Å². The number of hydrogen-bond acceptors (Lipinski definition) is 1. The Kier molecular flexibility index (Phi) is 4.94. The van der Waals surface area contributed by atoms with E-state index >= 15 is 0 Å². The van der Waals surface area contributed by atoms with E-state index in [9.17, 15) is 4.79 Å². The number of benzene rings is 2. The van der Waals surface area contributed by atoms with Crippen LogP contribution in [0.5, 0.6) is 0 Å². The zero-order chi connectivity index (χ0) is 13.7. The van der Waals surface area contributed by atoms with Crippen molar-refractivity contribution in [1.29, 1.82) is 0 Å². The van der Waals surface area contributed by atoms with E-state index < -0.39 is 0 Å². The Labute approximate surface area is 126 Å². The summed E-state index contributed by atoms with van der Waals surface area (Å²) >= 11 is 8.99. The average molecular weight is 336 g/mol. The lowest BCUT2D eigenvalue weighted by molar-refractivity contribution is 0.102. The van der Waals surface area contributed by atoms with Gasteiger partial charge < -0.3 is 0 Å². The summed E-state index contributed by atoms with van der Waals surface area (Å²) in [4.78, 5) is 11.5. The Morgan fingerprint density at radius 2 is 1.42 bits per heavy atom. The third kappa shape index (κ3) is 4.05. The molecule has 0 N–H and O–H groups in total. The summed E-state index contributed by atoms with van der Waals surface area (Å²) in [6.07, 6.45) is 4.02. The summed E-state index contributed by atoms with van der Waals surface area (Å²) in [5.41, 5.74) is 2.87. The van der Waals surface area contributed by atoms with Crippen molar-refractivity contribution in [2.24, 2.45) is 0 Å². The van der Waals surface area contributed by atoms with Crippen LogP contribution in [0.15, 0.2) is 48.5 Å². The number of carbonyl (C=O) groups excluding carboxylic acids is 1. The van der Waals surface area contributed by atoms with Gasteiger partial charge in [0.25, 0.3) is 0 Å². The molecule has 0 aromatic heterocycles. The second kappa shape index (κ2) is 6.69. The highest BCUT2D eigenvalue weighted by Gasteiger charge is 2.01. The Morgan fingerprint density at radius 3 is 1.89 bits per heavy atom. The van der Waals surface area contributed by atoms with Crippen molar-refractivity contribution >= 4 is 45.5 Å². The molecule has 0 aliphatic heterocycles. The molecule has 0 fully saturated rings. The highest BCUT2D eigenvalue weighted by molar-refractivity contribution is 9.09. The van der Waals surface area contributed by atoms with Crippen LogP contribution in [0.4, 0.5) is 0 Å². The van der Waals surface area contributed by atoms with Crippen LogP contribution in [0.3, 0.4) is 0 Å². The maximum atomic E-state index is 11.5. The maximum Gasteiger partial charge on any atom is 0.173 e. The Bertz CT molecular complexity index is 585. The van der Waals surface area contributed by atoms with Crippen LogP contribution in [0.1, 0.15) is 21.5 Å². The van der Waals surface area contributed by atoms with E-state index in [1.165, 1.54) is 0 Å². The van der Waals surface area contributed by atoms with Gasteiger partial charge in [0.2, 0.25) is 0 Å². The van der Waals surface area contributed by atoms with Crippen molar-refractivity contribution in [1.82, 2.24) is 0 Å². The second-order valence-corrected chi connectivity index (χ2v) is 5.06. The standard InChI is InChI=1S/C16H12BrClO/c17-11-16(19)14-7-3-12(4-8-14)1-2-13-5-9-15(18)10-6-13/h1-10H,11H2/b2-1+. The second-order valence-electron chi connectivity index (χ2n) is 4.06. The number of rotatable bonds is 4. The molecule has 96 valence electrons. The molecule has 2 rings (SSSR count). The normalized spacial score (nSPS) is 10.8. The van der Waals surface area contributed by atoms with Crippen molar-refractivity contribution < 1.29 is 4.79 Å². The molecule has 0 unspecified atom stereocenters. The summed E-state index contributed by atoms with van der Waals surface area (Å²) < 4.78 is 0. The molecule has 0 atom stereocenters. The molecule has 19 heavy (non-hydrogen) atoms. The van der Waals surface area contributed by atoms with E-state index in [4.69, 9.17) is 11.6 Å². The van der Waals surface area contributed by atoms with Gasteiger partial charge in [-0.25, -0.2) is 0 Å². The lowest BCUT2D eigenvalue weighted by Gasteiger charge is -1.98. The van der Waals surface area contributed by atoms with Crippen molar-refractivity contribution in [2.45, 2.75) is 0 Å². The van der Waals surface area contributed by atoms with E-state index in [1.54, 1.807) is 0 Å². The van der Waals surface area contributed by atoms with Crippen molar-refractivity contribution in [3.8, 4) is 0 Å². The van der Waals surface area contributed by atoms with Gasteiger partial charge in [0.05, 0.1) is 5.33 Å². The van der Waals surface area contributed by atoms with Crippen LogP contribution < -0.4 is 0 Å². The van der Waals surface area contributed by atoms with E-state index in [0.717, 1.165) is 21.7 Å². The number of carbonyl (C=O) groups is 1. The fourth-order valence-corrected chi connectivity index (χ4v) is 2.07. The molecule has 0 heterocycles. The highest BCUT2D eigenvalue weighted by atomic mass is 79.9. The molecule has 0 spiro atoms. The molecule has 0 saturated carbocycles. The average Bonchev–Trinajstić information content (AvgIpc) is 2.46. The molecule has 3 heteroatoms. The van der Waals surface area contributed by atoms with Gasteiger partial charge in [-0.05, 0) is 23.3 Å². The highest BCUT2D eigenvalue weighted by Crippen LogP contribution is 2.13. The molecule has 1 nitrogen and oxygen atoms in total. The number of halogens is 2. The van der Waals surface area contributed by atoms with E-state index in [1.807, 2.05) is 60.7 Å². The third-order valence-electron chi connectivity index (χ3n) is 2.69. The summed E-state index contributed by atoms with van der Waals surface area (Å²) in [5.74, 6) is 0.0910. The molecule has 0 saturated heterocycles. The lowest BCUT2D eigenvalue weighted by atomic mass is 10.1. The summed E-state index contributed by atoms with van der Waals surface area (Å²) in [6.45, 7) is 0. The molecule has 2 aromatic rings. The van der Waals surface area contributed by atoms with Crippen LogP contribution in [0.25, 0.3) is 12.2 Å². The Hall–Kier alpha value is -1.38. The minimum absolute atomic E-state index is 0.0910. The molecule has 0 aliphatic rings. The van der Waals surface area contributed by atoms with Crippen LogP contribution >= 0.6 is 27.5 Å². The number of hydrogen-bond donors (Lipinski definition) is 0. The number of alkyl halides is 1. The van der Waals surface area contributed by atoms with Crippen molar-refractivity contribution in [3.05, 3.63) is 70.2 Å². The fraction of sp³-hybridized carbons (Fsp3) is 0.0625. The molecule has 0 bridgehead atoms. The fourth-order valence-electron chi connectivity index (χ4n) is 1.62. The minimum Gasteiger partial charge on any atom is -0.293 e. The van der Waals surface area contributed by atoms with Crippen LogP contribution in [-0.4, -0.2) is 11.1 Å². The van der Waals surface area contributed by atoms with Gasteiger partial charge in [-0.3, -0.25) is 4.79 Å². The first-order valence-electron chi connectivity index (χ1n) is 5.82.